The molecule has 0 aliphatic heterocycles. The molecule has 0 spiro atoms. The van der Waals surface area contributed by atoms with Crippen LogP contribution >= 0.6 is 0 Å². The van der Waals surface area contributed by atoms with Crippen molar-refractivity contribution < 1.29 is 4.42 Å². The molecule has 0 saturated heterocycles. The Morgan fingerprint density at radius 3 is 2.73 bits per heavy atom. The molecule has 5 nitrogen and oxygen atoms in total. The van der Waals surface area contributed by atoms with Crippen molar-refractivity contribution in [2.75, 3.05) is 7.05 Å². The maximum Gasteiger partial charge on any atom is 0.294 e. The van der Waals surface area contributed by atoms with Crippen molar-refractivity contribution in [3.05, 3.63) is 75.3 Å². The molecule has 132 valence electrons. The van der Waals surface area contributed by atoms with Crippen LogP contribution in [0.1, 0.15) is 22.5 Å². The van der Waals surface area contributed by atoms with Crippen LogP contribution in [0.5, 0.6) is 0 Å². The molecule has 2 heterocycles. The molecule has 0 bridgehead atoms. The molecule has 4 rings (SSSR count). The van der Waals surface area contributed by atoms with E-state index in [1.165, 1.54) is 16.7 Å². The van der Waals surface area contributed by atoms with Crippen molar-refractivity contribution in [1.82, 2.24) is 14.9 Å². The summed E-state index contributed by atoms with van der Waals surface area (Å²) in [7, 11) is 2.02. The van der Waals surface area contributed by atoms with Gasteiger partial charge in [0.1, 0.15) is 16.9 Å². The van der Waals surface area contributed by atoms with Gasteiger partial charge in [-0.25, -0.2) is 4.98 Å². The summed E-state index contributed by atoms with van der Waals surface area (Å²) in [6.45, 7) is 5.57. The number of fused-ring (bicyclic) bond motifs is 3. The fraction of sp³-hybridized carbons (Fsp3) is 0.238. The zero-order valence-corrected chi connectivity index (χ0v) is 15.2. The highest BCUT2D eigenvalue weighted by atomic mass is 16.3. The second-order valence-corrected chi connectivity index (χ2v) is 6.89. The van der Waals surface area contributed by atoms with E-state index in [0.717, 1.165) is 11.9 Å². The van der Waals surface area contributed by atoms with E-state index in [-0.39, 0.29) is 11.1 Å². The topological polar surface area (TPSA) is 62.1 Å². The molecular formula is C21H21N3O2. The van der Waals surface area contributed by atoms with Crippen molar-refractivity contribution in [1.29, 1.82) is 0 Å². The number of aromatic nitrogens is 2. The summed E-state index contributed by atoms with van der Waals surface area (Å²) in [4.78, 5) is 22.0. The van der Waals surface area contributed by atoms with E-state index < -0.39 is 0 Å². The quantitative estimate of drug-likeness (QED) is 0.608. The van der Waals surface area contributed by atoms with E-state index in [9.17, 15) is 4.79 Å². The fourth-order valence-electron chi connectivity index (χ4n) is 3.35. The summed E-state index contributed by atoms with van der Waals surface area (Å²) in [5.41, 5.74) is 5.16. The minimum atomic E-state index is -0.235. The van der Waals surface area contributed by atoms with Crippen LogP contribution in [0.25, 0.3) is 22.1 Å². The molecule has 0 saturated carbocycles. The normalized spacial score (nSPS) is 11.7. The van der Waals surface area contributed by atoms with Gasteiger partial charge in [0.25, 0.3) is 5.56 Å². The SMILES string of the molecule is Cc1ccc(CN(C)Cc2nc3c(oc4ccccc43)c(=O)[nH]2)c(C)c1. The van der Waals surface area contributed by atoms with Crippen LogP contribution in [-0.4, -0.2) is 21.9 Å². The lowest BCUT2D eigenvalue weighted by molar-refractivity contribution is 0.310. The van der Waals surface area contributed by atoms with Gasteiger partial charge in [0.2, 0.25) is 5.58 Å². The van der Waals surface area contributed by atoms with E-state index in [1.54, 1.807) is 0 Å². The molecule has 0 fully saturated rings. The highest BCUT2D eigenvalue weighted by Gasteiger charge is 2.14. The van der Waals surface area contributed by atoms with Gasteiger partial charge in [0.05, 0.1) is 6.54 Å². The van der Waals surface area contributed by atoms with Crippen LogP contribution in [0, 0.1) is 13.8 Å². The largest absolute Gasteiger partial charge is 0.449 e. The summed E-state index contributed by atoms with van der Waals surface area (Å²) >= 11 is 0. The number of nitrogens with one attached hydrogen (secondary N) is 1. The number of nitrogens with zero attached hydrogens (tertiary/aromatic N) is 2. The van der Waals surface area contributed by atoms with Gasteiger partial charge in [-0.3, -0.25) is 9.69 Å². The van der Waals surface area contributed by atoms with Crippen LogP contribution in [0.2, 0.25) is 0 Å². The van der Waals surface area contributed by atoms with Crippen LogP contribution in [0.4, 0.5) is 0 Å². The number of aromatic amines is 1. The monoisotopic (exact) mass is 347 g/mol. The Morgan fingerprint density at radius 2 is 1.92 bits per heavy atom. The zero-order valence-electron chi connectivity index (χ0n) is 15.2. The van der Waals surface area contributed by atoms with Gasteiger partial charge >= 0.3 is 0 Å². The van der Waals surface area contributed by atoms with Gasteiger partial charge < -0.3 is 9.40 Å². The van der Waals surface area contributed by atoms with E-state index in [0.29, 0.717) is 23.5 Å². The molecule has 0 unspecified atom stereocenters. The molecule has 1 N–H and O–H groups in total. The van der Waals surface area contributed by atoms with Crippen LogP contribution in [0.15, 0.2) is 51.7 Å². The average molecular weight is 347 g/mol. The third kappa shape index (κ3) is 3.02. The van der Waals surface area contributed by atoms with Gasteiger partial charge in [-0.15, -0.1) is 0 Å². The molecule has 4 aromatic rings. The smallest absolute Gasteiger partial charge is 0.294 e. The minimum absolute atomic E-state index is 0.235. The van der Waals surface area contributed by atoms with Crippen molar-refractivity contribution in [3.8, 4) is 0 Å². The minimum Gasteiger partial charge on any atom is -0.449 e. The average Bonchev–Trinajstić information content (AvgIpc) is 2.97. The fourth-order valence-corrected chi connectivity index (χ4v) is 3.35. The molecular weight excluding hydrogens is 326 g/mol. The lowest BCUT2D eigenvalue weighted by Gasteiger charge is -2.17. The molecule has 26 heavy (non-hydrogen) atoms. The first-order valence-electron chi connectivity index (χ1n) is 8.66. The van der Waals surface area contributed by atoms with Crippen molar-refractivity contribution in [2.45, 2.75) is 26.9 Å². The highest BCUT2D eigenvalue weighted by molar-refractivity contribution is 6.01. The third-order valence-electron chi connectivity index (χ3n) is 4.64. The Balaban J connectivity index is 1.64. The summed E-state index contributed by atoms with van der Waals surface area (Å²) in [6.07, 6.45) is 0. The Bertz CT molecular complexity index is 1160. The van der Waals surface area contributed by atoms with E-state index >= 15 is 0 Å². The Morgan fingerprint density at radius 1 is 1.12 bits per heavy atom. The predicted molar refractivity (Wildman–Crippen MR) is 103 cm³/mol. The van der Waals surface area contributed by atoms with Crippen LogP contribution in [-0.2, 0) is 13.1 Å². The van der Waals surface area contributed by atoms with Gasteiger partial charge in [-0.1, -0.05) is 35.9 Å². The summed E-state index contributed by atoms with van der Waals surface area (Å²) in [6, 6.07) is 14.1. The van der Waals surface area contributed by atoms with Gasteiger partial charge in [0.15, 0.2) is 0 Å². The van der Waals surface area contributed by atoms with Gasteiger partial charge in [0, 0.05) is 11.9 Å². The number of benzene rings is 2. The molecule has 0 radical (unpaired) electrons. The number of hydrogen-bond donors (Lipinski definition) is 1. The third-order valence-corrected chi connectivity index (χ3v) is 4.64. The Kier molecular flexibility index (Phi) is 4.09. The Labute approximate surface area is 151 Å². The number of rotatable bonds is 4. The molecule has 0 atom stereocenters. The van der Waals surface area contributed by atoms with E-state index in [4.69, 9.17) is 4.42 Å². The first-order chi connectivity index (χ1) is 12.5. The molecule has 2 aromatic carbocycles. The van der Waals surface area contributed by atoms with Crippen molar-refractivity contribution >= 4 is 22.1 Å². The van der Waals surface area contributed by atoms with Gasteiger partial charge in [-0.2, -0.15) is 0 Å². The number of H-pyrrole nitrogens is 1. The lowest BCUT2D eigenvalue weighted by Crippen LogP contribution is -2.22. The number of para-hydroxylation sites is 1. The zero-order chi connectivity index (χ0) is 18.3. The number of hydrogen-bond acceptors (Lipinski definition) is 4. The van der Waals surface area contributed by atoms with E-state index in [1.807, 2.05) is 31.3 Å². The number of furan rings is 1. The van der Waals surface area contributed by atoms with Crippen LogP contribution in [0.3, 0.4) is 0 Å². The van der Waals surface area contributed by atoms with Crippen molar-refractivity contribution in [3.63, 3.8) is 0 Å². The predicted octanol–water partition coefficient (Wildman–Crippen LogP) is 3.92. The highest BCUT2D eigenvalue weighted by Crippen LogP contribution is 2.24. The summed E-state index contributed by atoms with van der Waals surface area (Å²) in [5.74, 6) is 0.640. The second-order valence-electron chi connectivity index (χ2n) is 6.89. The maximum atomic E-state index is 12.4. The second kappa shape index (κ2) is 6.42. The van der Waals surface area contributed by atoms with E-state index in [2.05, 4.69) is 46.9 Å². The molecule has 0 amide bonds. The summed E-state index contributed by atoms with van der Waals surface area (Å²) in [5, 5.41) is 0.867. The molecule has 2 aromatic heterocycles. The summed E-state index contributed by atoms with van der Waals surface area (Å²) < 4.78 is 5.65. The van der Waals surface area contributed by atoms with Crippen molar-refractivity contribution in [2.24, 2.45) is 0 Å². The van der Waals surface area contributed by atoms with Gasteiger partial charge in [-0.05, 0) is 44.2 Å². The molecule has 5 heteroatoms. The molecule has 0 aliphatic carbocycles. The standard InChI is InChI=1S/C21H21N3O2/c1-13-8-9-15(14(2)10-13)11-24(3)12-18-22-19-16-6-4-5-7-17(16)26-20(19)21(25)23-18/h4-10H,11-12H2,1-3H3,(H,22,23,25). The van der Waals surface area contributed by atoms with Crippen LogP contribution < -0.4 is 5.56 Å². The lowest BCUT2D eigenvalue weighted by atomic mass is 10.1. The maximum absolute atomic E-state index is 12.4. The first-order valence-corrected chi connectivity index (χ1v) is 8.66. The Hall–Kier alpha value is -2.92. The number of aryl methyl sites for hydroxylation is 2. The molecule has 0 aliphatic rings. The first kappa shape index (κ1) is 16.5.